The fourth-order valence-electron chi connectivity index (χ4n) is 1.93. The molecule has 0 spiro atoms. The van der Waals surface area contributed by atoms with E-state index in [1.807, 2.05) is 12.1 Å². The molecule has 2 aromatic rings. The fourth-order valence-corrected chi connectivity index (χ4v) is 1.93. The monoisotopic (exact) mass is 287 g/mol. The van der Waals surface area contributed by atoms with Crippen LogP contribution in [0.5, 0.6) is 0 Å². The van der Waals surface area contributed by atoms with Crippen molar-refractivity contribution in [2.75, 3.05) is 6.61 Å². The first kappa shape index (κ1) is 15.2. The van der Waals surface area contributed by atoms with Gasteiger partial charge in [0.2, 0.25) is 0 Å². The molecule has 0 unspecified atom stereocenters. The molecule has 0 aliphatic carbocycles. The highest BCUT2D eigenvalue weighted by molar-refractivity contribution is 5.89. The van der Waals surface area contributed by atoms with Gasteiger partial charge in [-0.1, -0.05) is 24.3 Å². The third kappa shape index (κ3) is 4.68. The number of carbonyl (C=O) groups is 1. The molecule has 0 aliphatic rings. The van der Waals surface area contributed by atoms with E-state index in [2.05, 4.69) is 5.32 Å². The van der Waals surface area contributed by atoms with Crippen LogP contribution in [0.15, 0.2) is 48.5 Å². The Balaban J connectivity index is 1.83. The van der Waals surface area contributed by atoms with Crippen molar-refractivity contribution in [1.29, 1.82) is 0 Å². The van der Waals surface area contributed by atoms with Crippen LogP contribution >= 0.6 is 0 Å². The van der Waals surface area contributed by atoms with Crippen LogP contribution in [0.1, 0.15) is 28.4 Å². The Labute approximate surface area is 123 Å². The summed E-state index contributed by atoms with van der Waals surface area (Å²) < 4.78 is 17.7. The summed E-state index contributed by atoms with van der Waals surface area (Å²) in [5.74, 6) is -0.531. The van der Waals surface area contributed by atoms with Gasteiger partial charge < -0.3 is 10.1 Å². The first-order valence-corrected chi connectivity index (χ1v) is 6.90. The average molecular weight is 287 g/mol. The number of esters is 1. The molecule has 1 N–H and O–H groups in total. The van der Waals surface area contributed by atoms with Crippen LogP contribution in [0.4, 0.5) is 4.39 Å². The second-order valence-electron chi connectivity index (χ2n) is 4.65. The Morgan fingerprint density at radius 3 is 2.05 bits per heavy atom. The molecule has 4 heteroatoms. The molecule has 21 heavy (non-hydrogen) atoms. The number of carbonyl (C=O) groups excluding carboxylic acids is 1. The topological polar surface area (TPSA) is 38.3 Å². The van der Waals surface area contributed by atoms with E-state index in [9.17, 15) is 9.18 Å². The molecule has 0 saturated carbocycles. The van der Waals surface area contributed by atoms with E-state index in [1.54, 1.807) is 31.2 Å². The lowest BCUT2D eigenvalue weighted by Gasteiger charge is -2.06. The summed E-state index contributed by atoms with van der Waals surface area (Å²) in [5.41, 5.74) is 2.66. The first-order valence-electron chi connectivity index (χ1n) is 6.90. The van der Waals surface area contributed by atoms with Gasteiger partial charge in [0.05, 0.1) is 12.2 Å². The summed E-state index contributed by atoms with van der Waals surface area (Å²) in [4.78, 5) is 11.5. The first-order chi connectivity index (χ1) is 10.2. The summed E-state index contributed by atoms with van der Waals surface area (Å²) >= 11 is 0. The van der Waals surface area contributed by atoms with Crippen LogP contribution in [0.2, 0.25) is 0 Å². The quantitative estimate of drug-likeness (QED) is 0.829. The summed E-state index contributed by atoms with van der Waals surface area (Å²) in [7, 11) is 0. The predicted molar refractivity (Wildman–Crippen MR) is 79.3 cm³/mol. The molecule has 0 aromatic heterocycles. The lowest BCUT2D eigenvalue weighted by Crippen LogP contribution is -2.13. The number of nitrogens with one attached hydrogen (secondary N) is 1. The average Bonchev–Trinajstić information content (AvgIpc) is 2.50. The molecule has 0 amide bonds. The number of ether oxygens (including phenoxy) is 1. The Bertz CT molecular complexity index is 579. The number of rotatable bonds is 6. The Morgan fingerprint density at radius 1 is 1.00 bits per heavy atom. The molecule has 0 saturated heterocycles. The van der Waals surface area contributed by atoms with Crippen LogP contribution < -0.4 is 5.32 Å². The third-order valence-corrected chi connectivity index (χ3v) is 3.04. The van der Waals surface area contributed by atoms with Gasteiger partial charge in [0.25, 0.3) is 0 Å². The molecule has 2 aromatic carbocycles. The van der Waals surface area contributed by atoms with Crippen LogP contribution in [0.25, 0.3) is 0 Å². The van der Waals surface area contributed by atoms with E-state index in [4.69, 9.17) is 4.74 Å². The second kappa shape index (κ2) is 7.55. The van der Waals surface area contributed by atoms with Crippen molar-refractivity contribution in [2.45, 2.75) is 20.0 Å². The Kier molecular flexibility index (Phi) is 5.46. The van der Waals surface area contributed by atoms with Crippen molar-refractivity contribution in [3.63, 3.8) is 0 Å². The zero-order valence-corrected chi connectivity index (χ0v) is 11.9. The largest absolute Gasteiger partial charge is 0.462 e. The van der Waals surface area contributed by atoms with Gasteiger partial charge >= 0.3 is 5.97 Å². The smallest absolute Gasteiger partial charge is 0.338 e. The Hall–Kier alpha value is -2.20. The van der Waals surface area contributed by atoms with Crippen LogP contribution in [0, 0.1) is 5.82 Å². The minimum Gasteiger partial charge on any atom is -0.462 e. The highest BCUT2D eigenvalue weighted by Gasteiger charge is 2.05. The summed E-state index contributed by atoms with van der Waals surface area (Å²) in [6.07, 6.45) is 0. The molecule has 0 radical (unpaired) electrons. The van der Waals surface area contributed by atoms with Crippen molar-refractivity contribution < 1.29 is 13.9 Å². The molecule has 2 rings (SSSR count). The maximum absolute atomic E-state index is 12.8. The molecule has 0 fully saturated rings. The minimum atomic E-state index is -0.302. The highest BCUT2D eigenvalue weighted by Crippen LogP contribution is 2.07. The third-order valence-electron chi connectivity index (χ3n) is 3.04. The molecule has 0 heterocycles. The van der Waals surface area contributed by atoms with E-state index in [1.165, 1.54) is 12.1 Å². The van der Waals surface area contributed by atoms with E-state index in [0.29, 0.717) is 25.3 Å². The van der Waals surface area contributed by atoms with Gasteiger partial charge in [0.15, 0.2) is 0 Å². The van der Waals surface area contributed by atoms with Gasteiger partial charge in [-0.2, -0.15) is 0 Å². The van der Waals surface area contributed by atoms with Crippen molar-refractivity contribution in [1.82, 2.24) is 5.32 Å². The van der Waals surface area contributed by atoms with Crippen molar-refractivity contribution >= 4 is 5.97 Å². The zero-order valence-electron chi connectivity index (χ0n) is 11.9. The maximum Gasteiger partial charge on any atom is 0.338 e. The second-order valence-corrected chi connectivity index (χ2v) is 4.65. The summed E-state index contributed by atoms with van der Waals surface area (Å²) in [6, 6.07) is 13.7. The van der Waals surface area contributed by atoms with Crippen LogP contribution in [-0.4, -0.2) is 12.6 Å². The van der Waals surface area contributed by atoms with Gasteiger partial charge in [-0.05, 0) is 42.3 Å². The summed E-state index contributed by atoms with van der Waals surface area (Å²) in [5, 5.41) is 3.27. The lowest BCUT2D eigenvalue weighted by molar-refractivity contribution is 0.0526. The van der Waals surface area contributed by atoms with Crippen molar-refractivity contribution in [3.8, 4) is 0 Å². The number of hydrogen-bond acceptors (Lipinski definition) is 3. The van der Waals surface area contributed by atoms with E-state index in [-0.39, 0.29) is 11.8 Å². The maximum atomic E-state index is 12.8. The molecule has 3 nitrogen and oxygen atoms in total. The van der Waals surface area contributed by atoms with Gasteiger partial charge in [-0.25, -0.2) is 9.18 Å². The van der Waals surface area contributed by atoms with Gasteiger partial charge in [-0.15, -0.1) is 0 Å². The number of benzene rings is 2. The van der Waals surface area contributed by atoms with Gasteiger partial charge in [0, 0.05) is 13.1 Å². The predicted octanol–water partition coefficient (Wildman–Crippen LogP) is 3.29. The number of hydrogen-bond donors (Lipinski definition) is 1. The fraction of sp³-hybridized carbons (Fsp3) is 0.235. The normalized spacial score (nSPS) is 10.4. The summed E-state index contributed by atoms with van der Waals surface area (Å²) in [6.45, 7) is 3.51. The minimum absolute atomic E-state index is 0.228. The molecular formula is C17H18FNO2. The lowest BCUT2D eigenvalue weighted by atomic mass is 10.1. The molecule has 0 atom stereocenters. The van der Waals surface area contributed by atoms with E-state index in [0.717, 1.165) is 11.1 Å². The van der Waals surface area contributed by atoms with Gasteiger partial charge in [-0.3, -0.25) is 0 Å². The van der Waals surface area contributed by atoms with Gasteiger partial charge in [0.1, 0.15) is 5.82 Å². The number of halogens is 1. The molecular weight excluding hydrogens is 269 g/mol. The SMILES string of the molecule is CCOC(=O)c1ccc(CNCc2ccc(F)cc2)cc1. The van der Waals surface area contributed by atoms with Crippen molar-refractivity contribution in [2.24, 2.45) is 0 Å². The molecule has 110 valence electrons. The van der Waals surface area contributed by atoms with Crippen LogP contribution in [0.3, 0.4) is 0 Å². The highest BCUT2D eigenvalue weighted by atomic mass is 19.1. The van der Waals surface area contributed by atoms with E-state index < -0.39 is 0 Å². The zero-order chi connectivity index (χ0) is 15.1. The standard InChI is InChI=1S/C17H18FNO2/c1-2-21-17(20)15-7-3-13(4-8-15)11-19-12-14-5-9-16(18)10-6-14/h3-10,19H,2,11-12H2,1H3. The van der Waals surface area contributed by atoms with E-state index >= 15 is 0 Å². The van der Waals surface area contributed by atoms with Crippen LogP contribution in [-0.2, 0) is 17.8 Å². The molecule has 0 bridgehead atoms. The van der Waals surface area contributed by atoms with Crippen molar-refractivity contribution in [3.05, 3.63) is 71.0 Å². The molecule has 0 aliphatic heterocycles. The Morgan fingerprint density at radius 2 is 1.52 bits per heavy atom.